The standard InChI is InChI=1S/C9H9BrN4S/c10-7-5-12-8(11)9(14-7)13-4-6-2-1-3-15-6/h1-3,5H,4H2,(H2,11,12)(H,13,14). The summed E-state index contributed by atoms with van der Waals surface area (Å²) < 4.78 is 0.672. The molecule has 0 saturated carbocycles. The predicted octanol–water partition coefficient (Wildman–Crippen LogP) is 2.49. The van der Waals surface area contributed by atoms with Crippen LogP contribution in [-0.4, -0.2) is 9.97 Å². The zero-order valence-electron chi connectivity index (χ0n) is 7.77. The molecule has 0 aliphatic rings. The second kappa shape index (κ2) is 4.59. The van der Waals surface area contributed by atoms with Crippen LogP contribution in [0.3, 0.4) is 0 Å². The van der Waals surface area contributed by atoms with E-state index in [0.29, 0.717) is 22.8 Å². The summed E-state index contributed by atoms with van der Waals surface area (Å²) in [5, 5.41) is 5.17. The molecule has 2 aromatic heterocycles. The van der Waals surface area contributed by atoms with Gasteiger partial charge in [0.2, 0.25) is 0 Å². The Kier molecular flexibility index (Phi) is 3.17. The molecule has 15 heavy (non-hydrogen) atoms. The van der Waals surface area contributed by atoms with Gasteiger partial charge in [0.05, 0.1) is 12.7 Å². The van der Waals surface area contributed by atoms with Crippen molar-refractivity contribution < 1.29 is 0 Å². The Hall–Kier alpha value is -1.14. The van der Waals surface area contributed by atoms with Crippen molar-refractivity contribution in [2.75, 3.05) is 11.1 Å². The Morgan fingerprint density at radius 3 is 3.13 bits per heavy atom. The second-order valence-electron chi connectivity index (χ2n) is 2.86. The van der Waals surface area contributed by atoms with Crippen LogP contribution >= 0.6 is 27.3 Å². The van der Waals surface area contributed by atoms with Crippen molar-refractivity contribution in [3.05, 3.63) is 33.2 Å². The number of nitrogen functional groups attached to an aromatic ring is 1. The molecule has 0 unspecified atom stereocenters. The molecule has 0 radical (unpaired) electrons. The summed E-state index contributed by atoms with van der Waals surface area (Å²) in [6, 6.07) is 4.07. The van der Waals surface area contributed by atoms with Gasteiger partial charge in [-0.1, -0.05) is 6.07 Å². The highest BCUT2D eigenvalue weighted by atomic mass is 79.9. The number of nitrogens with zero attached hydrogens (tertiary/aromatic N) is 2. The molecular formula is C9H9BrN4S. The first kappa shape index (κ1) is 10.4. The third kappa shape index (κ3) is 2.66. The van der Waals surface area contributed by atoms with Gasteiger partial charge in [-0.25, -0.2) is 9.97 Å². The summed E-state index contributed by atoms with van der Waals surface area (Å²) in [6.45, 7) is 0.715. The molecule has 0 aliphatic carbocycles. The average molecular weight is 285 g/mol. The Balaban J connectivity index is 2.07. The van der Waals surface area contributed by atoms with Gasteiger partial charge in [-0.05, 0) is 27.4 Å². The van der Waals surface area contributed by atoms with E-state index in [0.717, 1.165) is 0 Å². The Morgan fingerprint density at radius 1 is 1.53 bits per heavy atom. The van der Waals surface area contributed by atoms with E-state index >= 15 is 0 Å². The first-order chi connectivity index (χ1) is 7.25. The van der Waals surface area contributed by atoms with Crippen LogP contribution in [0.1, 0.15) is 4.88 Å². The van der Waals surface area contributed by atoms with Gasteiger partial charge < -0.3 is 11.1 Å². The zero-order valence-corrected chi connectivity index (χ0v) is 10.2. The highest BCUT2D eigenvalue weighted by molar-refractivity contribution is 9.10. The molecule has 3 N–H and O–H groups in total. The molecule has 0 amide bonds. The number of nitrogens with one attached hydrogen (secondary N) is 1. The summed E-state index contributed by atoms with van der Waals surface area (Å²) in [5.41, 5.74) is 5.68. The Morgan fingerprint density at radius 2 is 2.40 bits per heavy atom. The number of halogens is 1. The van der Waals surface area contributed by atoms with Crippen LogP contribution in [0, 0.1) is 0 Å². The van der Waals surface area contributed by atoms with Crippen LogP contribution in [0.5, 0.6) is 0 Å². The van der Waals surface area contributed by atoms with Crippen molar-refractivity contribution in [1.82, 2.24) is 9.97 Å². The molecular weight excluding hydrogens is 276 g/mol. The normalized spacial score (nSPS) is 10.2. The maximum absolute atomic E-state index is 5.68. The van der Waals surface area contributed by atoms with E-state index < -0.39 is 0 Å². The Labute approximate surface area is 99.7 Å². The topological polar surface area (TPSA) is 63.8 Å². The molecule has 78 valence electrons. The summed E-state index contributed by atoms with van der Waals surface area (Å²) in [5.74, 6) is 1.02. The minimum atomic E-state index is 0.412. The molecule has 0 saturated heterocycles. The van der Waals surface area contributed by atoms with Gasteiger partial charge in [0, 0.05) is 4.88 Å². The van der Waals surface area contributed by atoms with Gasteiger partial charge in [-0.2, -0.15) is 0 Å². The van der Waals surface area contributed by atoms with Gasteiger partial charge in [0.25, 0.3) is 0 Å². The molecule has 2 rings (SSSR count). The van der Waals surface area contributed by atoms with Crippen LogP contribution in [-0.2, 0) is 6.54 Å². The third-order valence-corrected chi connectivity index (χ3v) is 3.04. The molecule has 0 spiro atoms. The fourth-order valence-electron chi connectivity index (χ4n) is 1.09. The fourth-order valence-corrected chi connectivity index (χ4v) is 2.02. The summed E-state index contributed by atoms with van der Waals surface area (Å²) >= 11 is 4.94. The summed E-state index contributed by atoms with van der Waals surface area (Å²) in [6.07, 6.45) is 1.58. The van der Waals surface area contributed by atoms with Crippen molar-refractivity contribution in [3.63, 3.8) is 0 Å². The number of thiophene rings is 1. The van der Waals surface area contributed by atoms with Crippen LogP contribution < -0.4 is 11.1 Å². The van der Waals surface area contributed by atoms with E-state index in [1.54, 1.807) is 17.5 Å². The molecule has 2 aromatic rings. The van der Waals surface area contributed by atoms with Gasteiger partial charge in [0.1, 0.15) is 4.60 Å². The largest absolute Gasteiger partial charge is 0.381 e. The zero-order chi connectivity index (χ0) is 10.7. The van der Waals surface area contributed by atoms with E-state index in [9.17, 15) is 0 Å². The van der Waals surface area contributed by atoms with E-state index in [1.807, 2.05) is 11.4 Å². The van der Waals surface area contributed by atoms with Crippen LogP contribution in [0.15, 0.2) is 28.3 Å². The molecule has 0 aliphatic heterocycles. The lowest BCUT2D eigenvalue weighted by Crippen LogP contribution is -2.05. The van der Waals surface area contributed by atoms with E-state index in [4.69, 9.17) is 5.73 Å². The molecule has 4 nitrogen and oxygen atoms in total. The minimum absolute atomic E-state index is 0.412. The first-order valence-electron chi connectivity index (χ1n) is 4.30. The van der Waals surface area contributed by atoms with E-state index in [2.05, 4.69) is 37.3 Å². The minimum Gasteiger partial charge on any atom is -0.381 e. The molecule has 0 atom stereocenters. The van der Waals surface area contributed by atoms with Crippen molar-refractivity contribution in [1.29, 1.82) is 0 Å². The van der Waals surface area contributed by atoms with Crippen molar-refractivity contribution in [2.45, 2.75) is 6.54 Å². The van der Waals surface area contributed by atoms with E-state index in [-0.39, 0.29) is 0 Å². The Bertz CT molecular complexity index is 443. The lowest BCUT2D eigenvalue weighted by molar-refractivity contribution is 1.10. The van der Waals surface area contributed by atoms with Crippen LogP contribution in [0.4, 0.5) is 11.6 Å². The lowest BCUT2D eigenvalue weighted by atomic mass is 10.4. The summed E-state index contributed by atoms with van der Waals surface area (Å²) in [4.78, 5) is 9.42. The van der Waals surface area contributed by atoms with Gasteiger partial charge in [-0.3, -0.25) is 0 Å². The molecule has 0 fully saturated rings. The molecule has 2 heterocycles. The molecule has 0 bridgehead atoms. The fraction of sp³-hybridized carbons (Fsp3) is 0.111. The van der Waals surface area contributed by atoms with Crippen molar-refractivity contribution in [2.24, 2.45) is 0 Å². The molecule has 0 aromatic carbocycles. The quantitative estimate of drug-likeness (QED) is 0.909. The maximum Gasteiger partial charge on any atom is 0.170 e. The van der Waals surface area contributed by atoms with Crippen molar-refractivity contribution >= 4 is 38.9 Å². The number of nitrogens with two attached hydrogens (primary N) is 1. The van der Waals surface area contributed by atoms with Crippen LogP contribution in [0.25, 0.3) is 0 Å². The lowest BCUT2D eigenvalue weighted by Gasteiger charge is -2.06. The average Bonchev–Trinajstić information content (AvgIpc) is 2.72. The number of hydrogen-bond acceptors (Lipinski definition) is 5. The van der Waals surface area contributed by atoms with E-state index in [1.165, 1.54) is 4.88 Å². The third-order valence-electron chi connectivity index (χ3n) is 1.78. The molecule has 6 heteroatoms. The smallest absolute Gasteiger partial charge is 0.170 e. The SMILES string of the molecule is Nc1ncc(Br)nc1NCc1cccs1. The van der Waals surface area contributed by atoms with Gasteiger partial charge in [0.15, 0.2) is 11.6 Å². The number of aromatic nitrogens is 2. The highest BCUT2D eigenvalue weighted by Gasteiger charge is 2.02. The van der Waals surface area contributed by atoms with Gasteiger partial charge in [-0.15, -0.1) is 11.3 Å². The second-order valence-corrected chi connectivity index (χ2v) is 4.70. The van der Waals surface area contributed by atoms with Gasteiger partial charge >= 0.3 is 0 Å². The number of hydrogen-bond donors (Lipinski definition) is 2. The summed E-state index contributed by atoms with van der Waals surface area (Å²) in [7, 11) is 0. The maximum atomic E-state index is 5.68. The van der Waals surface area contributed by atoms with Crippen molar-refractivity contribution in [3.8, 4) is 0 Å². The number of rotatable bonds is 3. The predicted molar refractivity (Wildman–Crippen MR) is 65.8 cm³/mol. The first-order valence-corrected chi connectivity index (χ1v) is 5.97. The van der Waals surface area contributed by atoms with Crippen LogP contribution in [0.2, 0.25) is 0 Å². The highest BCUT2D eigenvalue weighted by Crippen LogP contribution is 2.17. The monoisotopic (exact) mass is 284 g/mol. The number of anilines is 2.